The number of benzene rings is 1. The number of carboxylic acid groups (broad SMARTS) is 1. The van der Waals surface area contributed by atoms with Crippen molar-refractivity contribution in [2.45, 2.75) is 12.6 Å². The van der Waals surface area contributed by atoms with Crippen LogP contribution in [0.5, 0.6) is 5.75 Å². The van der Waals surface area contributed by atoms with Gasteiger partial charge in [0.25, 0.3) is 0 Å². The van der Waals surface area contributed by atoms with Gasteiger partial charge in [0.2, 0.25) is 0 Å². The molecular formula is C11H9F3O3. The van der Waals surface area contributed by atoms with Gasteiger partial charge in [0, 0.05) is 0 Å². The third-order valence-corrected chi connectivity index (χ3v) is 1.93. The zero-order valence-corrected chi connectivity index (χ0v) is 8.53. The largest absolute Gasteiger partial charge is 0.508 e. The van der Waals surface area contributed by atoms with Crippen LogP contribution in [0.15, 0.2) is 24.3 Å². The summed E-state index contributed by atoms with van der Waals surface area (Å²) in [4.78, 5) is 10.2. The van der Waals surface area contributed by atoms with E-state index in [0.29, 0.717) is 6.07 Å². The number of alkyl halides is 3. The number of hydrogen-bond acceptors (Lipinski definition) is 2. The lowest BCUT2D eigenvalue weighted by Gasteiger charge is -2.10. The molecule has 17 heavy (non-hydrogen) atoms. The molecule has 2 N–H and O–H groups in total. The van der Waals surface area contributed by atoms with E-state index in [0.717, 1.165) is 24.3 Å². The monoisotopic (exact) mass is 246 g/mol. The van der Waals surface area contributed by atoms with E-state index in [-0.39, 0.29) is 12.0 Å². The van der Waals surface area contributed by atoms with Crippen molar-refractivity contribution < 1.29 is 28.2 Å². The predicted octanol–water partition coefficient (Wildman–Crippen LogP) is 2.90. The number of carbonyl (C=O) groups is 1. The molecule has 0 atom stereocenters. The van der Waals surface area contributed by atoms with Crippen molar-refractivity contribution in [1.82, 2.24) is 0 Å². The number of phenols is 1. The summed E-state index contributed by atoms with van der Waals surface area (Å²) in [6.45, 7) is 0. The van der Waals surface area contributed by atoms with E-state index in [1.165, 1.54) is 0 Å². The topological polar surface area (TPSA) is 57.5 Å². The molecule has 0 heterocycles. The maximum atomic E-state index is 12.6. The van der Waals surface area contributed by atoms with Crippen molar-refractivity contribution in [2.24, 2.45) is 0 Å². The van der Waals surface area contributed by atoms with E-state index in [4.69, 9.17) is 10.2 Å². The molecule has 3 nitrogen and oxygen atoms in total. The van der Waals surface area contributed by atoms with Crippen LogP contribution in [0.4, 0.5) is 13.2 Å². The molecule has 0 unspecified atom stereocenters. The molecule has 1 rings (SSSR count). The van der Waals surface area contributed by atoms with Crippen molar-refractivity contribution in [3.05, 3.63) is 35.4 Å². The molecule has 6 heteroatoms. The molecule has 1 aromatic carbocycles. The zero-order chi connectivity index (χ0) is 13.1. The van der Waals surface area contributed by atoms with Gasteiger partial charge in [0.15, 0.2) is 0 Å². The molecule has 0 bridgehead atoms. The van der Waals surface area contributed by atoms with Crippen molar-refractivity contribution >= 4 is 12.0 Å². The smallest absolute Gasteiger partial charge is 0.417 e. The summed E-state index contributed by atoms with van der Waals surface area (Å²) in [5.41, 5.74) is -1.18. The maximum Gasteiger partial charge on any atom is 0.417 e. The van der Waals surface area contributed by atoms with Crippen LogP contribution in [0.2, 0.25) is 0 Å². The molecule has 0 aliphatic rings. The van der Waals surface area contributed by atoms with Crippen LogP contribution >= 0.6 is 0 Å². The third kappa shape index (κ3) is 3.82. The van der Waals surface area contributed by atoms with Gasteiger partial charge < -0.3 is 10.2 Å². The van der Waals surface area contributed by atoms with Crippen molar-refractivity contribution in [3.8, 4) is 5.75 Å². The fourth-order valence-corrected chi connectivity index (χ4v) is 1.22. The fraction of sp³-hybridized carbons (Fsp3) is 0.182. The Morgan fingerprint density at radius 1 is 1.35 bits per heavy atom. The highest BCUT2D eigenvalue weighted by atomic mass is 19.4. The molecule has 0 spiro atoms. The van der Waals surface area contributed by atoms with E-state index in [1.807, 2.05) is 0 Å². The summed E-state index contributed by atoms with van der Waals surface area (Å²) >= 11 is 0. The van der Waals surface area contributed by atoms with Crippen molar-refractivity contribution in [1.29, 1.82) is 0 Å². The maximum absolute atomic E-state index is 12.6. The minimum Gasteiger partial charge on any atom is -0.508 e. The number of rotatable bonds is 3. The molecule has 0 aromatic heterocycles. The Balaban J connectivity index is 3.07. The first kappa shape index (κ1) is 13.1. The van der Waals surface area contributed by atoms with Gasteiger partial charge >= 0.3 is 12.1 Å². The number of aliphatic carboxylic acids is 1. The highest BCUT2D eigenvalue weighted by Gasteiger charge is 2.33. The Labute approximate surface area is 94.8 Å². The molecule has 0 saturated carbocycles. The van der Waals surface area contributed by atoms with Gasteiger partial charge in [0.1, 0.15) is 5.75 Å². The van der Waals surface area contributed by atoms with E-state index in [2.05, 4.69) is 0 Å². The quantitative estimate of drug-likeness (QED) is 0.862. The molecule has 0 saturated heterocycles. The first-order valence-corrected chi connectivity index (χ1v) is 4.59. The van der Waals surface area contributed by atoms with Crippen molar-refractivity contribution in [3.63, 3.8) is 0 Å². The predicted molar refractivity (Wildman–Crippen MR) is 54.4 cm³/mol. The van der Waals surface area contributed by atoms with Crippen molar-refractivity contribution in [2.75, 3.05) is 0 Å². The van der Waals surface area contributed by atoms with Crippen LogP contribution in [0.3, 0.4) is 0 Å². The molecule has 0 radical (unpaired) electrons. The lowest BCUT2D eigenvalue weighted by molar-refractivity contribution is -0.138. The Hall–Kier alpha value is -1.98. The summed E-state index contributed by atoms with van der Waals surface area (Å²) in [6, 6.07) is 2.78. The molecule has 0 aliphatic heterocycles. The Kier molecular flexibility index (Phi) is 3.77. The van der Waals surface area contributed by atoms with E-state index in [9.17, 15) is 18.0 Å². The first-order chi connectivity index (χ1) is 7.80. The molecule has 0 amide bonds. The van der Waals surface area contributed by atoms with Gasteiger partial charge in [-0.2, -0.15) is 13.2 Å². The second-order valence-electron chi connectivity index (χ2n) is 3.27. The number of hydrogen-bond donors (Lipinski definition) is 2. The van der Waals surface area contributed by atoms with Gasteiger partial charge in [-0.3, -0.25) is 4.79 Å². The highest BCUT2D eigenvalue weighted by molar-refractivity contribution is 5.70. The summed E-state index contributed by atoms with van der Waals surface area (Å²) in [5, 5.41) is 17.3. The zero-order valence-electron chi connectivity index (χ0n) is 8.53. The highest BCUT2D eigenvalue weighted by Crippen LogP contribution is 2.34. The second-order valence-corrected chi connectivity index (χ2v) is 3.27. The van der Waals surface area contributed by atoms with Crippen LogP contribution < -0.4 is 0 Å². The standard InChI is InChI=1S/C11H9F3O3/c12-11(13,14)9-6-8(15)5-4-7(9)2-1-3-10(16)17/h1-2,4-6,15H,3H2,(H,16,17). The SMILES string of the molecule is O=C(O)CC=Cc1ccc(O)cc1C(F)(F)F. The summed E-state index contributed by atoms with van der Waals surface area (Å²) in [7, 11) is 0. The average molecular weight is 246 g/mol. The van der Waals surface area contributed by atoms with Crippen LogP contribution in [0.1, 0.15) is 17.5 Å². The van der Waals surface area contributed by atoms with Crippen LogP contribution in [0.25, 0.3) is 6.08 Å². The Morgan fingerprint density at radius 2 is 2.00 bits per heavy atom. The van der Waals surface area contributed by atoms with Gasteiger partial charge in [-0.25, -0.2) is 0 Å². The van der Waals surface area contributed by atoms with E-state index in [1.54, 1.807) is 0 Å². The minimum absolute atomic E-state index is 0.184. The number of carboxylic acids is 1. The summed E-state index contributed by atoms with van der Waals surface area (Å²) in [6.07, 6.45) is -2.78. The number of aromatic hydroxyl groups is 1. The van der Waals surface area contributed by atoms with Crippen LogP contribution in [0, 0.1) is 0 Å². The van der Waals surface area contributed by atoms with Gasteiger partial charge in [-0.05, 0) is 17.7 Å². The fourth-order valence-electron chi connectivity index (χ4n) is 1.22. The minimum atomic E-state index is -4.60. The van der Waals surface area contributed by atoms with E-state index < -0.39 is 23.5 Å². The summed E-state index contributed by atoms with van der Waals surface area (Å²) in [5.74, 6) is -1.62. The van der Waals surface area contributed by atoms with Crippen LogP contribution in [-0.4, -0.2) is 16.2 Å². The Morgan fingerprint density at radius 3 is 2.53 bits per heavy atom. The average Bonchev–Trinajstić information content (AvgIpc) is 2.18. The lowest BCUT2D eigenvalue weighted by Crippen LogP contribution is -2.07. The van der Waals surface area contributed by atoms with Crippen LogP contribution in [-0.2, 0) is 11.0 Å². The molecule has 0 aliphatic carbocycles. The molecular weight excluding hydrogens is 237 g/mol. The summed E-state index contributed by atoms with van der Waals surface area (Å²) < 4.78 is 37.7. The second kappa shape index (κ2) is 4.90. The molecule has 92 valence electrons. The van der Waals surface area contributed by atoms with Gasteiger partial charge in [-0.15, -0.1) is 0 Å². The normalized spacial score (nSPS) is 11.9. The van der Waals surface area contributed by atoms with E-state index >= 15 is 0 Å². The number of halogens is 3. The third-order valence-electron chi connectivity index (χ3n) is 1.93. The van der Waals surface area contributed by atoms with Gasteiger partial charge in [-0.1, -0.05) is 18.2 Å². The number of phenolic OH excluding ortho intramolecular Hbond substituents is 1. The first-order valence-electron chi connectivity index (χ1n) is 4.59. The molecule has 1 aromatic rings. The lowest BCUT2D eigenvalue weighted by atomic mass is 10.1. The Bertz CT molecular complexity index is 450. The molecule has 0 fully saturated rings. The van der Waals surface area contributed by atoms with Gasteiger partial charge in [0.05, 0.1) is 12.0 Å².